The normalized spacial score (nSPS) is 11.5. The zero-order chi connectivity index (χ0) is 11.3. The van der Waals surface area contributed by atoms with Gasteiger partial charge in [0.1, 0.15) is 0 Å². The predicted molar refractivity (Wildman–Crippen MR) is 65.3 cm³/mol. The van der Waals surface area contributed by atoms with Gasteiger partial charge in [0.05, 0.1) is 5.60 Å². The Balaban J connectivity index is 2.92. The fraction of sp³-hybridized carbons (Fsp3) is 0.538. The van der Waals surface area contributed by atoms with Crippen LogP contribution in [0.1, 0.15) is 32.8 Å². The van der Waals surface area contributed by atoms with E-state index in [-0.39, 0.29) is 5.60 Å². The first-order valence-corrected chi connectivity index (χ1v) is 5.53. The van der Waals surface area contributed by atoms with Crippen LogP contribution in [0.5, 0.6) is 0 Å². The van der Waals surface area contributed by atoms with Crippen LogP contribution < -0.4 is 5.32 Å². The van der Waals surface area contributed by atoms with Crippen LogP contribution in [0.3, 0.4) is 0 Å². The first-order chi connectivity index (χ1) is 7.11. The molecule has 0 unspecified atom stereocenters. The van der Waals surface area contributed by atoms with Crippen LogP contribution in [-0.4, -0.2) is 13.7 Å². The van der Waals surface area contributed by atoms with Gasteiger partial charge in [-0.25, -0.2) is 0 Å². The van der Waals surface area contributed by atoms with Gasteiger partial charge in [-0.1, -0.05) is 25.1 Å². The quantitative estimate of drug-likeness (QED) is 0.799. The maximum atomic E-state index is 5.87. The third-order valence-electron chi connectivity index (χ3n) is 2.51. The highest BCUT2D eigenvalue weighted by Gasteiger charge is 2.23. The molecule has 1 N–H and O–H groups in total. The molecular formula is C13H21NO. The lowest BCUT2D eigenvalue weighted by molar-refractivity contribution is -0.0207. The molecule has 1 aromatic carbocycles. The summed E-state index contributed by atoms with van der Waals surface area (Å²) in [6, 6.07) is 8.27. The molecule has 1 aromatic rings. The van der Waals surface area contributed by atoms with Crippen LogP contribution in [0.4, 0.5) is 5.69 Å². The van der Waals surface area contributed by atoms with E-state index < -0.39 is 0 Å². The Morgan fingerprint density at radius 2 is 1.93 bits per heavy atom. The molecule has 0 atom stereocenters. The van der Waals surface area contributed by atoms with E-state index in [0.717, 1.165) is 18.7 Å². The highest BCUT2D eigenvalue weighted by atomic mass is 16.5. The molecule has 0 radical (unpaired) electrons. The van der Waals surface area contributed by atoms with Gasteiger partial charge in [0, 0.05) is 24.9 Å². The highest BCUT2D eigenvalue weighted by molar-refractivity contribution is 5.53. The smallest absolute Gasteiger partial charge is 0.0895 e. The lowest BCUT2D eigenvalue weighted by Gasteiger charge is -2.28. The molecule has 84 valence electrons. The van der Waals surface area contributed by atoms with Gasteiger partial charge in [0.15, 0.2) is 0 Å². The van der Waals surface area contributed by atoms with Crippen LogP contribution in [0, 0.1) is 0 Å². The molecule has 0 fully saturated rings. The van der Waals surface area contributed by atoms with E-state index in [9.17, 15) is 0 Å². The molecule has 0 heterocycles. The second-order valence-corrected chi connectivity index (χ2v) is 4.15. The van der Waals surface area contributed by atoms with E-state index in [1.165, 1.54) is 5.56 Å². The molecule has 0 aromatic heterocycles. The fourth-order valence-corrected chi connectivity index (χ4v) is 1.66. The van der Waals surface area contributed by atoms with Crippen LogP contribution in [0.2, 0.25) is 0 Å². The second kappa shape index (κ2) is 5.17. The van der Waals surface area contributed by atoms with Crippen molar-refractivity contribution in [3.05, 3.63) is 29.8 Å². The Labute approximate surface area is 92.6 Å². The van der Waals surface area contributed by atoms with Gasteiger partial charge in [0.2, 0.25) is 0 Å². The molecule has 2 heteroatoms. The number of rotatable bonds is 5. The Morgan fingerprint density at radius 1 is 1.27 bits per heavy atom. The van der Waals surface area contributed by atoms with Crippen molar-refractivity contribution >= 4 is 5.69 Å². The average molecular weight is 207 g/mol. The SMILES string of the molecule is CCCOC(C)(C)c1ccccc1NC. The van der Waals surface area contributed by atoms with Gasteiger partial charge in [-0.3, -0.25) is 0 Å². The Kier molecular flexibility index (Phi) is 4.15. The maximum Gasteiger partial charge on any atom is 0.0895 e. The molecule has 0 aliphatic heterocycles. The fourth-order valence-electron chi connectivity index (χ4n) is 1.66. The Bertz CT molecular complexity index is 307. The molecule has 0 spiro atoms. The Morgan fingerprint density at radius 3 is 2.53 bits per heavy atom. The third-order valence-corrected chi connectivity index (χ3v) is 2.51. The maximum absolute atomic E-state index is 5.87. The molecular weight excluding hydrogens is 186 g/mol. The second-order valence-electron chi connectivity index (χ2n) is 4.15. The molecule has 0 saturated heterocycles. The summed E-state index contributed by atoms with van der Waals surface area (Å²) in [5, 5.41) is 3.20. The number of hydrogen-bond acceptors (Lipinski definition) is 2. The number of nitrogens with one attached hydrogen (secondary N) is 1. The lowest BCUT2D eigenvalue weighted by Crippen LogP contribution is -2.23. The number of benzene rings is 1. The first-order valence-electron chi connectivity index (χ1n) is 5.53. The van der Waals surface area contributed by atoms with Crippen molar-refractivity contribution in [2.24, 2.45) is 0 Å². The highest BCUT2D eigenvalue weighted by Crippen LogP contribution is 2.30. The zero-order valence-corrected chi connectivity index (χ0v) is 10.1. The van der Waals surface area contributed by atoms with Gasteiger partial charge in [-0.05, 0) is 26.3 Å². The molecule has 1 rings (SSSR count). The van der Waals surface area contributed by atoms with Crippen molar-refractivity contribution in [2.75, 3.05) is 19.0 Å². The summed E-state index contributed by atoms with van der Waals surface area (Å²) in [6.45, 7) is 7.14. The van der Waals surface area contributed by atoms with Gasteiger partial charge < -0.3 is 10.1 Å². The summed E-state index contributed by atoms with van der Waals surface area (Å²) in [5.41, 5.74) is 2.12. The zero-order valence-electron chi connectivity index (χ0n) is 10.1. The van der Waals surface area contributed by atoms with E-state index in [0.29, 0.717) is 0 Å². The van der Waals surface area contributed by atoms with E-state index >= 15 is 0 Å². The van der Waals surface area contributed by atoms with Crippen molar-refractivity contribution < 1.29 is 4.74 Å². The van der Waals surface area contributed by atoms with Crippen LogP contribution in [0.15, 0.2) is 24.3 Å². The minimum atomic E-state index is -0.227. The molecule has 0 aliphatic carbocycles. The van der Waals surface area contributed by atoms with Crippen molar-refractivity contribution in [3.63, 3.8) is 0 Å². The summed E-state index contributed by atoms with van der Waals surface area (Å²) in [5.74, 6) is 0. The Hall–Kier alpha value is -1.02. The van der Waals surface area contributed by atoms with Crippen LogP contribution in [-0.2, 0) is 10.3 Å². The first kappa shape index (κ1) is 12.1. The summed E-state index contributed by atoms with van der Waals surface area (Å²) in [4.78, 5) is 0. The minimum Gasteiger partial charge on any atom is -0.388 e. The van der Waals surface area contributed by atoms with E-state index in [2.05, 4.69) is 38.2 Å². The number of para-hydroxylation sites is 1. The molecule has 0 amide bonds. The van der Waals surface area contributed by atoms with Crippen molar-refractivity contribution in [1.29, 1.82) is 0 Å². The topological polar surface area (TPSA) is 21.3 Å². The molecule has 0 saturated carbocycles. The van der Waals surface area contributed by atoms with Crippen molar-refractivity contribution in [3.8, 4) is 0 Å². The monoisotopic (exact) mass is 207 g/mol. The van der Waals surface area contributed by atoms with Gasteiger partial charge in [0.25, 0.3) is 0 Å². The van der Waals surface area contributed by atoms with Gasteiger partial charge in [-0.15, -0.1) is 0 Å². The van der Waals surface area contributed by atoms with Gasteiger partial charge >= 0.3 is 0 Å². The number of ether oxygens (including phenoxy) is 1. The summed E-state index contributed by atoms with van der Waals surface area (Å²) in [6.07, 6.45) is 1.05. The predicted octanol–water partition coefficient (Wildman–Crippen LogP) is 3.39. The summed E-state index contributed by atoms with van der Waals surface area (Å²) < 4.78 is 5.87. The van der Waals surface area contributed by atoms with Crippen molar-refractivity contribution in [2.45, 2.75) is 32.8 Å². The average Bonchev–Trinajstić information content (AvgIpc) is 2.26. The standard InChI is InChI=1S/C13H21NO/c1-5-10-15-13(2,3)11-8-6-7-9-12(11)14-4/h6-9,14H,5,10H2,1-4H3. The number of anilines is 1. The van der Waals surface area contributed by atoms with Crippen LogP contribution in [0.25, 0.3) is 0 Å². The number of hydrogen-bond donors (Lipinski definition) is 1. The summed E-state index contributed by atoms with van der Waals surface area (Å²) in [7, 11) is 1.94. The van der Waals surface area contributed by atoms with Crippen molar-refractivity contribution in [1.82, 2.24) is 0 Å². The minimum absolute atomic E-state index is 0.227. The van der Waals surface area contributed by atoms with Gasteiger partial charge in [-0.2, -0.15) is 0 Å². The molecule has 0 aliphatic rings. The lowest BCUT2D eigenvalue weighted by atomic mass is 9.96. The van der Waals surface area contributed by atoms with E-state index in [1.54, 1.807) is 0 Å². The summed E-state index contributed by atoms with van der Waals surface area (Å²) >= 11 is 0. The molecule has 0 bridgehead atoms. The van der Waals surface area contributed by atoms with Crippen LogP contribution >= 0.6 is 0 Å². The van der Waals surface area contributed by atoms with E-state index in [4.69, 9.17) is 4.74 Å². The third kappa shape index (κ3) is 2.96. The largest absolute Gasteiger partial charge is 0.388 e. The molecule has 15 heavy (non-hydrogen) atoms. The molecule has 2 nitrogen and oxygen atoms in total. The van der Waals surface area contributed by atoms with E-state index in [1.807, 2.05) is 19.2 Å².